The van der Waals surface area contributed by atoms with E-state index in [9.17, 15) is 9.59 Å². The van der Waals surface area contributed by atoms with Crippen LogP contribution < -0.4 is 5.32 Å². The average Bonchev–Trinajstić information content (AvgIpc) is 3.05. The number of amides is 2. The second-order valence-corrected chi connectivity index (χ2v) is 5.74. The normalized spacial score (nSPS) is 43.2. The van der Waals surface area contributed by atoms with E-state index in [4.69, 9.17) is 0 Å². The molecule has 3 fully saturated rings. The van der Waals surface area contributed by atoms with Crippen LogP contribution >= 0.6 is 0 Å². The number of hydrogen-bond acceptors (Lipinski definition) is 2. The second-order valence-electron chi connectivity index (χ2n) is 5.74. The van der Waals surface area contributed by atoms with Gasteiger partial charge in [-0.25, -0.2) is 0 Å². The molecular formula is C12H18N2O2. The van der Waals surface area contributed by atoms with E-state index in [1.54, 1.807) is 0 Å². The molecule has 88 valence electrons. The van der Waals surface area contributed by atoms with E-state index in [0.29, 0.717) is 17.9 Å². The minimum absolute atomic E-state index is 0.00750. The first kappa shape index (κ1) is 10.1. The summed E-state index contributed by atoms with van der Waals surface area (Å²) in [6.07, 6.45) is 3.19. The minimum Gasteiger partial charge on any atom is -0.340 e. The fourth-order valence-corrected chi connectivity index (χ4v) is 2.85. The fourth-order valence-electron chi connectivity index (χ4n) is 2.85. The molecule has 1 N–H and O–H groups in total. The van der Waals surface area contributed by atoms with Crippen molar-refractivity contribution in [2.24, 2.45) is 11.8 Å². The molecule has 1 saturated heterocycles. The first-order chi connectivity index (χ1) is 7.52. The molecule has 0 bridgehead atoms. The monoisotopic (exact) mass is 222 g/mol. The van der Waals surface area contributed by atoms with Gasteiger partial charge in [0.2, 0.25) is 11.8 Å². The Bertz CT molecular complexity index is 364. The molecule has 3 atom stereocenters. The van der Waals surface area contributed by atoms with Crippen LogP contribution in [0.25, 0.3) is 0 Å². The van der Waals surface area contributed by atoms with Crippen LogP contribution in [0.2, 0.25) is 0 Å². The molecule has 0 aromatic heterocycles. The van der Waals surface area contributed by atoms with E-state index in [1.807, 2.05) is 11.8 Å². The van der Waals surface area contributed by atoms with E-state index in [2.05, 4.69) is 12.2 Å². The van der Waals surface area contributed by atoms with Crippen molar-refractivity contribution in [3.05, 3.63) is 0 Å². The SMILES string of the molecule is CC1CC1N1CC(=O)NC(C)(C2CC2)C1=O. The van der Waals surface area contributed by atoms with Gasteiger partial charge in [0.05, 0.1) is 6.54 Å². The van der Waals surface area contributed by atoms with Gasteiger partial charge in [-0.2, -0.15) is 0 Å². The van der Waals surface area contributed by atoms with Crippen molar-refractivity contribution in [1.82, 2.24) is 10.2 Å². The molecule has 2 saturated carbocycles. The molecule has 2 aliphatic carbocycles. The summed E-state index contributed by atoms with van der Waals surface area (Å²) < 4.78 is 0. The van der Waals surface area contributed by atoms with E-state index in [0.717, 1.165) is 19.3 Å². The zero-order valence-corrected chi connectivity index (χ0v) is 9.82. The summed E-state index contributed by atoms with van der Waals surface area (Å²) in [7, 11) is 0. The van der Waals surface area contributed by atoms with Crippen LogP contribution in [-0.2, 0) is 9.59 Å². The molecule has 0 radical (unpaired) electrons. The molecule has 4 nitrogen and oxygen atoms in total. The van der Waals surface area contributed by atoms with Crippen molar-refractivity contribution in [2.45, 2.75) is 44.7 Å². The first-order valence-corrected chi connectivity index (χ1v) is 6.14. The minimum atomic E-state index is -0.613. The zero-order chi connectivity index (χ0) is 11.5. The summed E-state index contributed by atoms with van der Waals surface area (Å²) in [5.41, 5.74) is -0.613. The molecular weight excluding hydrogens is 204 g/mol. The number of carbonyl (C=O) groups is 2. The van der Waals surface area contributed by atoms with Gasteiger partial charge in [0.15, 0.2) is 0 Å². The van der Waals surface area contributed by atoms with Gasteiger partial charge in [-0.05, 0) is 38.0 Å². The highest BCUT2D eigenvalue weighted by Crippen LogP contribution is 2.44. The molecule has 3 rings (SSSR count). The number of hydrogen-bond donors (Lipinski definition) is 1. The number of carbonyl (C=O) groups excluding carboxylic acids is 2. The third-order valence-corrected chi connectivity index (χ3v) is 4.28. The Morgan fingerprint density at radius 3 is 2.50 bits per heavy atom. The third-order valence-electron chi connectivity index (χ3n) is 4.28. The lowest BCUT2D eigenvalue weighted by atomic mass is 9.91. The van der Waals surface area contributed by atoms with E-state index in [1.165, 1.54) is 0 Å². The quantitative estimate of drug-likeness (QED) is 0.740. The van der Waals surface area contributed by atoms with Crippen molar-refractivity contribution in [2.75, 3.05) is 6.54 Å². The number of nitrogens with zero attached hydrogens (tertiary/aromatic N) is 1. The van der Waals surface area contributed by atoms with Gasteiger partial charge in [-0.15, -0.1) is 0 Å². The molecule has 16 heavy (non-hydrogen) atoms. The van der Waals surface area contributed by atoms with Crippen molar-refractivity contribution in [1.29, 1.82) is 0 Å². The maximum atomic E-state index is 12.4. The van der Waals surface area contributed by atoms with Crippen molar-refractivity contribution in [3.8, 4) is 0 Å². The highest BCUT2D eigenvalue weighted by Gasteiger charge is 2.55. The summed E-state index contributed by atoms with van der Waals surface area (Å²) >= 11 is 0. The van der Waals surface area contributed by atoms with Crippen molar-refractivity contribution >= 4 is 11.8 Å². The van der Waals surface area contributed by atoms with Crippen molar-refractivity contribution < 1.29 is 9.59 Å². The van der Waals surface area contributed by atoms with Crippen LogP contribution in [0.4, 0.5) is 0 Å². The summed E-state index contributed by atoms with van der Waals surface area (Å²) in [5, 5.41) is 2.90. The molecule has 4 heteroatoms. The second kappa shape index (κ2) is 2.99. The number of piperazine rings is 1. The van der Waals surface area contributed by atoms with Crippen LogP contribution in [0, 0.1) is 11.8 Å². The Morgan fingerprint density at radius 1 is 1.38 bits per heavy atom. The molecule has 3 aliphatic rings. The first-order valence-electron chi connectivity index (χ1n) is 6.14. The summed E-state index contributed by atoms with van der Waals surface area (Å²) in [6.45, 7) is 4.29. The van der Waals surface area contributed by atoms with Gasteiger partial charge in [0, 0.05) is 6.04 Å². The molecule has 2 amide bonds. The summed E-state index contributed by atoms with van der Waals surface area (Å²) in [4.78, 5) is 25.9. The molecule has 0 spiro atoms. The predicted octanol–water partition coefficient (Wildman–Crippen LogP) is 0.522. The topological polar surface area (TPSA) is 49.4 Å². The van der Waals surface area contributed by atoms with Gasteiger partial charge >= 0.3 is 0 Å². The average molecular weight is 222 g/mol. The molecule has 0 aromatic carbocycles. The van der Waals surface area contributed by atoms with E-state index in [-0.39, 0.29) is 18.4 Å². The van der Waals surface area contributed by atoms with Gasteiger partial charge in [-0.3, -0.25) is 9.59 Å². The van der Waals surface area contributed by atoms with E-state index < -0.39 is 5.54 Å². The molecule has 0 aromatic rings. The summed E-state index contributed by atoms with van der Waals surface area (Å²) in [5.74, 6) is 1.08. The van der Waals surface area contributed by atoms with Crippen LogP contribution in [-0.4, -0.2) is 34.8 Å². The van der Waals surface area contributed by atoms with Gasteiger partial charge in [-0.1, -0.05) is 6.92 Å². The number of nitrogens with one attached hydrogen (secondary N) is 1. The lowest BCUT2D eigenvalue weighted by molar-refractivity contribution is -0.151. The van der Waals surface area contributed by atoms with Crippen LogP contribution in [0.15, 0.2) is 0 Å². The zero-order valence-electron chi connectivity index (χ0n) is 9.82. The third kappa shape index (κ3) is 1.35. The predicted molar refractivity (Wildman–Crippen MR) is 58.6 cm³/mol. The maximum Gasteiger partial charge on any atom is 0.249 e. The molecule has 1 aliphatic heterocycles. The van der Waals surface area contributed by atoms with Crippen molar-refractivity contribution in [3.63, 3.8) is 0 Å². The summed E-state index contributed by atoms with van der Waals surface area (Å²) in [6, 6.07) is 0.316. The highest BCUT2D eigenvalue weighted by molar-refractivity contribution is 5.98. The Labute approximate surface area is 95.4 Å². The number of rotatable bonds is 2. The Kier molecular flexibility index (Phi) is 1.89. The molecule has 1 heterocycles. The van der Waals surface area contributed by atoms with Gasteiger partial charge in [0.25, 0.3) is 0 Å². The fraction of sp³-hybridized carbons (Fsp3) is 0.833. The Hall–Kier alpha value is -1.06. The standard InChI is InChI=1S/C12H18N2O2/c1-7-5-9(7)14-6-10(15)13-12(2,11(14)16)8-3-4-8/h7-9H,3-6H2,1-2H3,(H,13,15). The Morgan fingerprint density at radius 2 is 2.00 bits per heavy atom. The van der Waals surface area contributed by atoms with Gasteiger partial charge in [0.1, 0.15) is 5.54 Å². The Balaban J connectivity index is 1.85. The lowest BCUT2D eigenvalue weighted by Gasteiger charge is -2.40. The lowest BCUT2D eigenvalue weighted by Crippen LogP contribution is -2.66. The van der Waals surface area contributed by atoms with Crippen LogP contribution in [0.3, 0.4) is 0 Å². The molecule has 3 unspecified atom stereocenters. The smallest absolute Gasteiger partial charge is 0.249 e. The largest absolute Gasteiger partial charge is 0.340 e. The van der Waals surface area contributed by atoms with Crippen LogP contribution in [0.5, 0.6) is 0 Å². The van der Waals surface area contributed by atoms with E-state index >= 15 is 0 Å². The van der Waals surface area contributed by atoms with Crippen LogP contribution in [0.1, 0.15) is 33.1 Å². The highest BCUT2D eigenvalue weighted by atomic mass is 16.2. The maximum absolute atomic E-state index is 12.4. The van der Waals surface area contributed by atoms with Gasteiger partial charge < -0.3 is 10.2 Å².